The molecule has 262 valence electrons. The smallest absolute Gasteiger partial charge is 0.249 e. The van der Waals surface area contributed by atoms with E-state index in [2.05, 4.69) is 45.2 Å². The van der Waals surface area contributed by atoms with Crippen molar-refractivity contribution in [2.75, 3.05) is 5.32 Å². The number of rotatable bonds is 4. The number of hydrogen-bond donors (Lipinski definition) is 5. The number of hydrogen-bond acceptors (Lipinski definition) is 9. The van der Waals surface area contributed by atoms with Gasteiger partial charge in [0.1, 0.15) is 29.4 Å². The Morgan fingerprint density at radius 2 is 1.83 bits per heavy atom. The molecule has 10 bridgehead atoms. The fourth-order valence-electron chi connectivity index (χ4n) is 8.42. The number of carbonyl (C=O) groups is 2. The van der Waals surface area contributed by atoms with E-state index in [0.29, 0.717) is 23.0 Å². The first-order valence-corrected chi connectivity index (χ1v) is 17.7. The zero-order valence-corrected chi connectivity index (χ0v) is 28.9. The van der Waals surface area contributed by atoms with Crippen LogP contribution in [0.1, 0.15) is 62.1 Å². The summed E-state index contributed by atoms with van der Waals surface area (Å²) >= 11 is 0. The maximum absolute atomic E-state index is 14.1. The quantitative estimate of drug-likeness (QED) is 0.153. The monoisotopic (exact) mass is 696 g/mol. The summed E-state index contributed by atoms with van der Waals surface area (Å²) in [4.78, 5) is 40.6. The van der Waals surface area contributed by atoms with Crippen LogP contribution in [-0.4, -0.2) is 50.2 Å². The number of anilines is 1. The molecule has 0 aliphatic carbocycles. The van der Waals surface area contributed by atoms with Gasteiger partial charge in [0.25, 0.3) is 0 Å². The molecule has 12 nitrogen and oxygen atoms in total. The van der Waals surface area contributed by atoms with Gasteiger partial charge in [0, 0.05) is 51.5 Å². The number of nitrogens with zero attached hydrogens (tertiary/aromatic N) is 2. The van der Waals surface area contributed by atoms with Crippen molar-refractivity contribution in [3.05, 3.63) is 95.3 Å². The second-order valence-electron chi connectivity index (χ2n) is 14.9. The minimum atomic E-state index is -1.28. The lowest BCUT2D eigenvalue weighted by Crippen LogP contribution is -2.52. The van der Waals surface area contributed by atoms with Gasteiger partial charge in [-0.15, -0.1) is 0 Å². The van der Waals surface area contributed by atoms with Gasteiger partial charge in [-0.2, -0.15) is 0 Å². The number of H-pyrrole nitrogens is 1. The van der Waals surface area contributed by atoms with Crippen LogP contribution in [0.25, 0.3) is 44.9 Å². The number of oxazole rings is 2. The van der Waals surface area contributed by atoms with Gasteiger partial charge in [-0.1, -0.05) is 70.2 Å². The molecule has 0 saturated carbocycles. The van der Waals surface area contributed by atoms with Crippen molar-refractivity contribution >= 4 is 28.4 Å². The fourth-order valence-corrected chi connectivity index (χ4v) is 8.42. The first-order valence-electron chi connectivity index (χ1n) is 17.7. The van der Waals surface area contributed by atoms with Crippen LogP contribution in [0.5, 0.6) is 5.75 Å². The van der Waals surface area contributed by atoms with Gasteiger partial charge in [0.15, 0.2) is 23.4 Å². The normalized spacial score (nSPS) is 22.6. The molecule has 3 aromatic carbocycles. The van der Waals surface area contributed by atoms with E-state index in [4.69, 9.17) is 23.5 Å². The second-order valence-corrected chi connectivity index (χ2v) is 14.9. The molecule has 1 spiro atoms. The molecule has 5 atom stereocenters. The molecule has 0 fully saturated rings. The van der Waals surface area contributed by atoms with Crippen molar-refractivity contribution in [3.8, 4) is 39.8 Å². The molecular weight excluding hydrogens is 660 g/mol. The van der Waals surface area contributed by atoms with Crippen LogP contribution >= 0.6 is 0 Å². The highest BCUT2D eigenvalue weighted by atomic mass is 16.5. The topological polar surface area (TPSA) is 168 Å². The summed E-state index contributed by atoms with van der Waals surface area (Å²) in [6.07, 6.45) is 1.90. The van der Waals surface area contributed by atoms with E-state index in [-0.39, 0.29) is 30.0 Å². The molecule has 6 aromatic rings. The van der Waals surface area contributed by atoms with Crippen molar-refractivity contribution in [1.29, 1.82) is 0 Å². The molecule has 3 aromatic heterocycles. The maximum Gasteiger partial charge on any atom is 0.249 e. The van der Waals surface area contributed by atoms with Gasteiger partial charge >= 0.3 is 0 Å². The number of fused-ring (bicyclic) bond motifs is 7. The molecular formula is C40H36N6O6. The lowest BCUT2D eigenvalue weighted by Gasteiger charge is -2.29. The van der Waals surface area contributed by atoms with Crippen LogP contribution in [0.3, 0.4) is 0 Å². The third kappa shape index (κ3) is 4.12. The molecule has 10 rings (SSSR count). The van der Waals surface area contributed by atoms with E-state index in [1.165, 1.54) is 0 Å². The minimum absolute atomic E-state index is 0.169. The van der Waals surface area contributed by atoms with E-state index >= 15 is 0 Å². The van der Waals surface area contributed by atoms with Crippen LogP contribution in [0, 0.1) is 11.8 Å². The standard InChI is InChI=1S/C40H36N6O6/c1-17(2)30-38-45-32-34(52-38)40-23-9-5-8-21(20-7-6-10-25-29(20)22(15-41-25)28-16-42-37(32)50-28)31(23)46-39(40)51-27-12-11-19(13-24(27)40)14-26(35(48)44-30)43-36(49)33(47)18(3)4/h5-13,15-18,26,30,33,39,41,46-47H,14H2,1-4H3,(H,43,49)(H,44,48)/t26-,30?,33-,39?,40?/m0/s1. The van der Waals surface area contributed by atoms with E-state index in [1.807, 2.05) is 50.4 Å². The number of ether oxygens (including phenoxy) is 1. The number of aromatic amines is 1. The molecule has 52 heavy (non-hydrogen) atoms. The molecule has 0 radical (unpaired) electrons. The van der Waals surface area contributed by atoms with Gasteiger partial charge < -0.3 is 39.6 Å². The maximum atomic E-state index is 14.1. The van der Waals surface area contributed by atoms with Crippen LogP contribution in [-0.2, 0) is 21.4 Å². The van der Waals surface area contributed by atoms with Gasteiger partial charge in [-0.3, -0.25) is 9.59 Å². The minimum Gasteiger partial charge on any atom is -0.469 e. The van der Waals surface area contributed by atoms with Crippen LogP contribution < -0.4 is 20.7 Å². The number of benzene rings is 3. The van der Waals surface area contributed by atoms with Crippen molar-refractivity contribution < 1.29 is 28.3 Å². The number of aliphatic hydroxyl groups excluding tert-OH is 1. The lowest BCUT2D eigenvalue weighted by atomic mass is 9.72. The average Bonchev–Trinajstić information content (AvgIpc) is 3.95. The van der Waals surface area contributed by atoms with E-state index in [9.17, 15) is 14.7 Å². The zero-order chi connectivity index (χ0) is 35.6. The summed E-state index contributed by atoms with van der Waals surface area (Å²) in [5.41, 5.74) is 6.61. The molecule has 12 heteroatoms. The van der Waals surface area contributed by atoms with Crippen molar-refractivity contribution in [3.63, 3.8) is 0 Å². The largest absolute Gasteiger partial charge is 0.469 e. The predicted octanol–water partition coefficient (Wildman–Crippen LogP) is 5.81. The fraction of sp³-hybridized carbons (Fsp3) is 0.300. The van der Waals surface area contributed by atoms with E-state index < -0.39 is 41.6 Å². The number of carbonyl (C=O) groups excluding carboxylic acids is 2. The van der Waals surface area contributed by atoms with E-state index in [0.717, 1.165) is 50.0 Å². The molecule has 2 amide bonds. The summed E-state index contributed by atoms with van der Waals surface area (Å²) in [5.74, 6) is 0.694. The number of aliphatic hydroxyl groups is 1. The third-order valence-corrected chi connectivity index (χ3v) is 11.0. The van der Waals surface area contributed by atoms with Gasteiger partial charge in [-0.25, -0.2) is 9.97 Å². The summed E-state index contributed by atoms with van der Waals surface area (Å²) in [6.45, 7) is 7.44. The molecule has 4 aliphatic rings. The Labute approximate surface area is 298 Å². The van der Waals surface area contributed by atoms with Gasteiger partial charge in [0.2, 0.25) is 23.6 Å². The first kappa shape index (κ1) is 30.9. The number of amides is 2. The van der Waals surface area contributed by atoms with Crippen LogP contribution in [0.4, 0.5) is 5.69 Å². The number of nitrogens with one attached hydrogen (secondary N) is 4. The third-order valence-electron chi connectivity index (χ3n) is 11.0. The Kier molecular flexibility index (Phi) is 6.43. The Balaban J connectivity index is 1.28. The summed E-state index contributed by atoms with van der Waals surface area (Å²) in [5, 5.41) is 21.3. The first-order chi connectivity index (χ1) is 25.1. The molecule has 0 saturated heterocycles. The molecule has 4 aliphatic heterocycles. The van der Waals surface area contributed by atoms with Gasteiger partial charge in [-0.05, 0) is 35.1 Å². The highest BCUT2D eigenvalue weighted by molar-refractivity contribution is 6.07. The highest BCUT2D eigenvalue weighted by Crippen LogP contribution is 2.61. The summed E-state index contributed by atoms with van der Waals surface area (Å²) in [6, 6.07) is 16.6. The summed E-state index contributed by atoms with van der Waals surface area (Å²) < 4.78 is 20.4. The molecule has 5 N–H and O–H groups in total. The van der Waals surface area contributed by atoms with Gasteiger partial charge in [0.05, 0.1) is 6.20 Å². The van der Waals surface area contributed by atoms with E-state index in [1.54, 1.807) is 20.0 Å². The summed E-state index contributed by atoms with van der Waals surface area (Å²) in [7, 11) is 0. The predicted molar refractivity (Wildman–Crippen MR) is 191 cm³/mol. The Morgan fingerprint density at radius 3 is 2.65 bits per heavy atom. The highest BCUT2D eigenvalue weighted by Gasteiger charge is 2.61. The Morgan fingerprint density at radius 1 is 1.00 bits per heavy atom. The SMILES string of the molecule is CC(C)C1NC(=O)[C@@H](NC(=O)[C@@H](O)C(C)C)Cc2ccc3c(c2)C24c5cccc(c5NC2O3)-c2cccc3[nH]cc(c23)-c2cnc(o2)-c2nc1oc24. The number of aromatic nitrogens is 3. The van der Waals surface area contributed by atoms with Crippen molar-refractivity contribution in [2.24, 2.45) is 11.8 Å². The van der Waals surface area contributed by atoms with Crippen molar-refractivity contribution in [1.82, 2.24) is 25.6 Å². The van der Waals surface area contributed by atoms with Crippen LogP contribution in [0.2, 0.25) is 0 Å². The molecule has 7 heterocycles. The average molecular weight is 697 g/mol. The Hall–Kier alpha value is -5.88. The Bertz CT molecular complexity index is 2480. The van der Waals surface area contributed by atoms with Crippen molar-refractivity contribution in [2.45, 2.75) is 63.9 Å². The second kappa shape index (κ2) is 10.8. The van der Waals surface area contributed by atoms with Crippen LogP contribution in [0.15, 0.2) is 75.8 Å². The molecule has 3 unspecified atom stereocenters. The lowest BCUT2D eigenvalue weighted by molar-refractivity contribution is -0.135. The zero-order valence-electron chi connectivity index (χ0n) is 28.9. The number of para-hydroxylation sites is 1.